The number of nitro groups is 1. The van der Waals surface area contributed by atoms with Crippen LogP contribution in [0, 0.1) is 10.1 Å². The number of anilines is 1. The molecule has 2 heterocycles. The van der Waals surface area contributed by atoms with E-state index in [9.17, 15) is 14.9 Å². The maximum absolute atomic E-state index is 12.1. The predicted octanol–water partition coefficient (Wildman–Crippen LogP) is 3.46. The number of nitrogens with zero attached hydrogens (tertiary/aromatic N) is 2. The summed E-state index contributed by atoms with van der Waals surface area (Å²) in [6, 6.07) is 10.4. The molecule has 0 spiro atoms. The Morgan fingerprint density at radius 2 is 2.10 bits per heavy atom. The highest BCUT2D eigenvalue weighted by molar-refractivity contribution is 7.13. The van der Waals surface area contributed by atoms with Gasteiger partial charge in [-0.3, -0.25) is 19.9 Å². The molecule has 0 aliphatic carbocycles. The van der Waals surface area contributed by atoms with E-state index < -0.39 is 10.8 Å². The molecule has 0 aliphatic heterocycles. The minimum atomic E-state index is -0.513. The van der Waals surface area contributed by atoms with Crippen LogP contribution in [0.15, 0.2) is 48.0 Å². The van der Waals surface area contributed by atoms with Crippen molar-refractivity contribution in [1.82, 2.24) is 4.98 Å². The van der Waals surface area contributed by atoms with Crippen LogP contribution in [0.2, 0.25) is 0 Å². The Hall–Kier alpha value is -2.80. The maximum atomic E-state index is 12.1. The highest BCUT2D eigenvalue weighted by Crippen LogP contribution is 2.25. The van der Waals surface area contributed by atoms with E-state index in [1.54, 1.807) is 12.3 Å². The van der Waals surface area contributed by atoms with E-state index in [1.165, 1.54) is 11.4 Å². The standard InChI is InChI=1S/C14H9N3O3S/c18-14(10-7-12(17(19)20)21-8-10)16-11-5-1-3-9-4-2-6-15-13(9)11/h1-8H,(H,16,18). The van der Waals surface area contributed by atoms with E-state index in [0.717, 1.165) is 16.7 Å². The minimum Gasteiger partial charge on any atom is -0.320 e. The van der Waals surface area contributed by atoms with Gasteiger partial charge >= 0.3 is 5.00 Å². The second kappa shape index (κ2) is 5.29. The molecule has 0 unspecified atom stereocenters. The van der Waals surface area contributed by atoms with Crippen LogP contribution < -0.4 is 5.32 Å². The molecule has 3 aromatic rings. The molecule has 6 nitrogen and oxygen atoms in total. The van der Waals surface area contributed by atoms with E-state index in [-0.39, 0.29) is 10.6 Å². The van der Waals surface area contributed by atoms with Gasteiger partial charge in [-0.15, -0.1) is 0 Å². The van der Waals surface area contributed by atoms with Gasteiger partial charge in [0.15, 0.2) is 0 Å². The van der Waals surface area contributed by atoms with Gasteiger partial charge in [0.05, 0.1) is 21.7 Å². The number of thiophene rings is 1. The molecular formula is C14H9N3O3S. The van der Waals surface area contributed by atoms with Gasteiger partial charge in [0.25, 0.3) is 5.91 Å². The number of pyridine rings is 1. The average Bonchev–Trinajstić information content (AvgIpc) is 2.98. The second-order valence-electron chi connectivity index (χ2n) is 4.27. The van der Waals surface area contributed by atoms with E-state index in [0.29, 0.717) is 11.2 Å². The number of fused-ring (bicyclic) bond motifs is 1. The van der Waals surface area contributed by atoms with Crippen molar-refractivity contribution in [1.29, 1.82) is 0 Å². The molecule has 0 saturated heterocycles. The molecule has 0 radical (unpaired) electrons. The molecule has 1 N–H and O–H groups in total. The molecule has 7 heteroatoms. The smallest absolute Gasteiger partial charge is 0.320 e. The molecule has 1 amide bonds. The van der Waals surface area contributed by atoms with Gasteiger partial charge in [0.1, 0.15) is 0 Å². The quantitative estimate of drug-likeness (QED) is 0.593. The fourth-order valence-corrected chi connectivity index (χ4v) is 2.64. The molecule has 0 atom stereocenters. The first-order valence-electron chi connectivity index (χ1n) is 6.03. The Labute approximate surface area is 123 Å². The van der Waals surface area contributed by atoms with Crippen LogP contribution in [0.25, 0.3) is 10.9 Å². The Morgan fingerprint density at radius 1 is 1.29 bits per heavy atom. The summed E-state index contributed by atoms with van der Waals surface area (Å²) in [4.78, 5) is 26.5. The minimum absolute atomic E-state index is 0.0591. The van der Waals surface area contributed by atoms with E-state index in [1.807, 2.05) is 24.3 Å². The highest BCUT2D eigenvalue weighted by Gasteiger charge is 2.15. The number of hydrogen-bond donors (Lipinski definition) is 1. The normalized spacial score (nSPS) is 10.5. The lowest BCUT2D eigenvalue weighted by Crippen LogP contribution is -2.11. The molecular weight excluding hydrogens is 290 g/mol. The summed E-state index contributed by atoms with van der Waals surface area (Å²) in [5, 5.41) is 15.7. The zero-order valence-electron chi connectivity index (χ0n) is 10.6. The number of benzene rings is 1. The highest BCUT2D eigenvalue weighted by atomic mass is 32.1. The third kappa shape index (κ3) is 2.59. The van der Waals surface area contributed by atoms with Crippen molar-refractivity contribution in [3.8, 4) is 0 Å². The lowest BCUT2D eigenvalue weighted by molar-refractivity contribution is -0.380. The first-order valence-corrected chi connectivity index (χ1v) is 6.91. The zero-order valence-corrected chi connectivity index (χ0v) is 11.5. The van der Waals surface area contributed by atoms with Crippen LogP contribution in [0.3, 0.4) is 0 Å². The fraction of sp³-hybridized carbons (Fsp3) is 0. The van der Waals surface area contributed by atoms with Crippen LogP contribution in [0.1, 0.15) is 10.4 Å². The van der Waals surface area contributed by atoms with Crippen molar-refractivity contribution in [3.63, 3.8) is 0 Å². The molecule has 0 fully saturated rings. The SMILES string of the molecule is O=C(Nc1cccc2cccnc12)c1csc([N+](=O)[O-])c1. The fourth-order valence-electron chi connectivity index (χ4n) is 1.94. The Bertz CT molecular complexity index is 839. The first kappa shape index (κ1) is 13.2. The average molecular weight is 299 g/mol. The first-order chi connectivity index (χ1) is 10.1. The van der Waals surface area contributed by atoms with E-state index >= 15 is 0 Å². The molecule has 1 aromatic carbocycles. The molecule has 0 aliphatic rings. The largest absolute Gasteiger partial charge is 0.324 e. The number of aromatic nitrogens is 1. The topological polar surface area (TPSA) is 85.1 Å². The van der Waals surface area contributed by atoms with Gasteiger partial charge in [-0.25, -0.2) is 0 Å². The second-order valence-corrected chi connectivity index (χ2v) is 5.16. The van der Waals surface area contributed by atoms with Gasteiger partial charge in [0.2, 0.25) is 0 Å². The van der Waals surface area contributed by atoms with Gasteiger partial charge in [-0.2, -0.15) is 0 Å². The van der Waals surface area contributed by atoms with E-state index in [4.69, 9.17) is 0 Å². The number of carbonyl (C=O) groups excluding carboxylic acids is 1. The number of amides is 1. The number of nitrogens with one attached hydrogen (secondary N) is 1. The molecule has 0 saturated carbocycles. The number of carbonyl (C=O) groups is 1. The summed E-state index contributed by atoms with van der Waals surface area (Å²) in [5.41, 5.74) is 1.52. The summed E-state index contributed by atoms with van der Waals surface area (Å²) in [6.45, 7) is 0. The predicted molar refractivity (Wildman–Crippen MR) is 80.7 cm³/mol. The maximum Gasteiger partial charge on any atom is 0.324 e. The Kier molecular flexibility index (Phi) is 3.33. The van der Waals surface area contributed by atoms with Crippen LogP contribution >= 0.6 is 11.3 Å². The van der Waals surface area contributed by atoms with Crippen LogP contribution in [-0.2, 0) is 0 Å². The summed E-state index contributed by atoms with van der Waals surface area (Å²) in [5.74, 6) is -0.391. The molecule has 104 valence electrons. The van der Waals surface area contributed by atoms with Crippen molar-refractivity contribution in [2.24, 2.45) is 0 Å². The third-order valence-electron chi connectivity index (χ3n) is 2.91. The Balaban J connectivity index is 1.91. The van der Waals surface area contributed by atoms with Crippen LogP contribution in [0.4, 0.5) is 10.7 Å². The van der Waals surface area contributed by atoms with Crippen molar-refractivity contribution in [2.45, 2.75) is 0 Å². The van der Waals surface area contributed by atoms with E-state index in [2.05, 4.69) is 10.3 Å². The van der Waals surface area contributed by atoms with Crippen LogP contribution in [0.5, 0.6) is 0 Å². The van der Waals surface area contributed by atoms with Gasteiger partial charge in [0, 0.05) is 23.0 Å². The molecule has 2 aromatic heterocycles. The lowest BCUT2D eigenvalue weighted by Gasteiger charge is -2.06. The summed E-state index contributed by atoms with van der Waals surface area (Å²) in [6.07, 6.45) is 1.65. The number of para-hydroxylation sites is 1. The molecule has 21 heavy (non-hydrogen) atoms. The van der Waals surface area contributed by atoms with Crippen molar-refractivity contribution >= 4 is 38.8 Å². The summed E-state index contributed by atoms with van der Waals surface area (Å²) in [7, 11) is 0. The van der Waals surface area contributed by atoms with Crippen molar-refractivity contribution in [2.75, 3.05) is 5.32 Å². The Morgan fingerprint density at radius 3 is 2.86 bits per heavy atom. The van der Waals surface area contributed by atoms with Gasteiger partial charge in [-0.05, 0) is 12.1 Å². The van der Waals surface area contributed by atoms with Gasteiger partial charge in [-0.1, -0.05) is 29.5 Å². The summed E-state index contributed by atoms with van der Waals surface area (Å²) < 4.78 is 0. The monoisotopic (exact) mass is 299 g/mol. The lowest BCUT2D eigenvalue weighted by atomic mass is 10.2. The third-order valence-corrected chi connectivity index (χ3v) is 3.79. The number of rotatable bonds is 3. The number of hydrogen-bond acceptors (Lipinski definition) is 5. The van der Waals surface area contributed by atoms with Crippen LogP contribution in [-0.4, -0.2) is 15.8 Å². The molecule has 3 rings (SSSR count). The van der Waals surface area contributed by atoms with Crippen molar-refractivity contribution < 1.29 is 9.72 Å². The molecule has 0 bridgehead atoms. The van der Waals surface area contributed by atoms with Crippen molar-refractivity contribution in [3.05, 3.63) is 63.7 Å². The zero-order chi connectivity index (χ0) is 14.8. The summed E-state index contributed by atoms with van der Waals surface area (Å²) >= 11 is 0.925. The van der Waals surface area contributed by atoms with Gasteiger partial charge < -0.3 is 5.32 Å².